The second-order valence-electron chi connectivity index (χ2n) is 4.88. The molecular weight excluding hydrogens is 220 g/mol. The summed E-state index contributed by atoms with van der Waals surface area (Å²) in [5, 5.41) is 3.18. The first-order valence-electron chi connectivity index (χ1n) is 5.88. The van der Waals surface area contributed by atoms with Gasteiger partial charge in [0.05, 0.1) is 0 Å². The Labute approximate surface area is 96.9 Å². The molecular formula is C13H12O2S. The first kappa shape index (κ1) is 8.99. The molecule has 2 nitrogen and oxygen atoms in total. The van der Waals surface area contributed by atoms with E-state index in [4.69, 9.17) is 4.42 Å². The van der Waals surface area contributed by atoms with Gasteiger partial charge in [0.15, 0.2) is 0 Å². The monoisotopic (exact) mass is 232 g/mol. The second kappa shape index (κ2) is 2.98. The molecule has 0 radical (unpaired) electrons. The molecule has 1 saturated carbocycles. The van der Waals surface area contributed by atoms with Gasteiger partial charge in [0.1, 0.15) is 10.5 Å². The third-order valence-electron chi connectivity index (χ3n) is 4.12. The fourth-order valence-corrected chi connectivity index (χ4v) is 4.17. The molecule has 0 atom stereocenters. The van der Waals surface area contributed by atoms with Gasteiger partial charge < -0.3 is 4.42 Å². The van der Waals surface area contributed by atoms with E-state index in [0.29, 0.717) is 11.8 Å². The van der Waals surface area contributed by atoms with E-state index in [0.717, 1.165) is 10.5 Å². The van der Waals surface area contributed by atoms with Gasteiger partial charge in [-0.1, -0.05) is 0 Å². The average Bonchev–Trinajstić information content (AvgIpc) is 2.80. The van der Waals surface area contributed by atoms with Gasteiger partial charge in [0.2, 0.25) is 0 Å². The molecule has 0 N–H and O–H groups in total. The predicted octanol–water partition coefficient (Wildman–Crippen LogP) is 3.61. The molecule has 0 aromatic carbocycles. The number of hydrogen-bond donors (Lipinski definition) is 0. The number of thiophene rings is 1. The molecule has 82 valence electrons. The lowest BCUT2D eigenvalue weighted by Crippen LogP contribution is -2.23. The van der Waals surface area contributed by atoms with Crippen LogP contribution in [0.2, 0.25) is 0 Å². The number of fused-ring (bicyclic) bond motifs is 3. The van der Waals surface area contributed by atoms with Crippen molar-refractivity contribution in [2.75, 3.05) is 0 Å². The van der Waals surface area contributed by atoms with E-state index in [1.54, 1.807) is 0 Å². The van der Waals surface area contributed by atoms with Gasteiger partial charge in [-0.25, -0.2) is 4.79 Å². The van der Waals surface area contributed by atoms with Crippen LogP contribution < -0.4 is 5.63 Å². The first-order valence-corrected chi connectivity index (χ1v) is 6.76. The van der Waals surface area contributed by atoms with Crippen molar-refractivity contribution in [3.05, 3.63) is 33.2 Å². The minimum Gasteiger partial charge on any atom is -0.426 e. The summed E-state index contributed by atoms with van der Waals surface area (Å²) in [5.74, 6) is 2.16. The summed E-state index contributed by atoms with van der Waals surface area (Å²) in [6.07, 6.45) is 4.96. The highest BCUT2D eigenvalue weighted by molar-refractivity contribution is 7.17. The maximum atomic E-state index is 11.8. The first-order chi connectivity index (χ1) is 7.84. The molecule has 16 heavy (non-hydrogen) atoms. The summed E-state index contributed by atoms with van der Waals surface area (Å²) in [7, 11) is 0. The van der Waals surface area contributed by atoms with Crippen molar-refractivity contribution in [1.29, 1.82) is 0 Å². The molecule has 3 aliphatic rings. The van der Waals surface area contributed by atoms with Gasteiger partial charge in [-0.2, -0.15) is 0 Å². The Bertz CT molecular complexity index is 614. The van der Waals surface area contributed by atoms with Crippen molar-refractivity contribution in [2.45, 2.75) is 37.5 Å². The lowest BCUT2D eigenvalue weighted by Gasteiger charge is -2.36. The standard InChI is InChI=1S/C13H12O2S/c14-13-12-9(5-6-16-12)10-7-1-3-8(4-2-7)11(10)15-13/h5-8H,1-4H2. The normalized spacial score (nSPS) is 27.2. The van der Waals surface area contributed by atoms with E-state index in [1.165, 1.54) is 48.0 Å². The van der Waals surface area contributed by atoms with Crippen molar-refractivity contribution in [2.24, 2.45) is 0 Å². The molecule has 2 aromatic rings. The topological polar surface area (TPSA) is 30.2 Å². The maximum Gasteiger partial charge on any atom is 0.354 e. The number of hydrogen-bond acceptors (Lipinski definition) is 3. The largest absolute Gasteiger partial charge is 0.426 e. The van der Waals surface area contributed by atoms with Crippen molar-refractivity contribution >= 4 is 21.4 Å². The molecule has 2 bridgehead atoms. The molecule has 1 fully saturated rings. The summed E-state index contributed by atoms with van der Waals surface area (Å²) in [5.41, 5.74) is 1.23. The van der Waals surface area contributed by atoms with Gasteiger partial charge in [-0.05, 0) is 43.0 Å². The van der Waals surface area contributed by atoms with Crippen LogP contribution in [0.4, 0.5) is 0 Å². The van der Waals surface area contributed by atoms with Crippen LogP contribution in [0.25, 0.3) is 10.1 Å². The fraction of sp³-hybridized carbons (Fsp3) is 0.462. The van der Waals surface area contributed by atoms with E-state index >= 15 is 0 Å². The van der Waals surface area contributed by atoms with Crippen LogP contribution in [0.5, 0.6) is 0 Å². The molecule has 0 saturated heterocycles. The smallest absolute Gasteiger partial charge is 0.354 e. The van der Waals surface area contributed by atoms with Gasteiger partial charge in [0, 0.05) is 16.9 Å². The molecule has 0 aliphatic heterocycles. The number of rotatable bonds is 0. The van der Waals surface area contributed by atoms with Crippen LogP contribution in [-0.2, 0) is 0 Å². The van der Waals surface area contributed by atoms with Crippen LogP contribution in [0.15, 0.2) is 20.7 Å². The molecule has 3 aliphatic carbocycles. The highest BCUT2D eigenvalue weighted by atomic mass is 32.1. The molecule has 3 heteroatoms. The third-order valence-corrected chi connectivity index (χ3v) is 5.01. The molecule has 0 unspecified atom stereocenters. The van der Waals surface area contributed by atoms with Gasteiger partial charge >= 0.3 is 5.63 Å². The Morgan fingerprint density at radius 3 is 2.75 bits per heavy atom. The summed E-state index contributed by atoms with van der Waals surface area (Å²) >= 11 is 1.51. The predicted molar refractivity (Wildman–Crippen MR) is 64.3 cm³/mol. The van der Waals surface area contributed by atoms with Crippen molar-refractivity contribution in [3.63, 3.8) is 0 Å². The van der Waals surface area contributed by atoms with Gasteiger partial charge in [0.25, 0.3) is 0 Å². The zero-order chi connectivity index (χ0) is 10.7. The van der Waals surface area contributed by atoms with Crippen molar-refractivity contribution in [1.82, 2.24) is 0 Å². The highest BCUT2D eigenvalue weighted by Crippen LogP contribution is 2.51. The zero-order valence-electron chi connectivity index (χ0n) is 8.86. The Morgan fingerprint density at radius 1 is 1.19 bits per heavy atom. The average molecular weight is 232 g/mol. The zero-order valence-corrected chi connectivity index (χ0v) is 9.68. The summed E-state index contributed by atoms with van der Waals surface area (Å²) in [4.78, 5) is 11.8. The summed E-state index contributed by atoms with van der Waals surface area (Å²) < 4.78 is 6.37. The van der Waals surface area contributed by atoms with Crippen molar-refractivity contribution < 1.29 is 4.42 Å². The van der Waals surface area contributed by atoms with E-state index in [2.05, 4.69) is 6.07 Å². The van der Waals surface area contributed by atoms with Gasteiger partial charge in [-0.15, -0.1) is 11.3 Å². The van der Waals surface area contributed by atoms with Crippen LogP contribution in [0, 0.1) is 0 Å². The van der Waals surface area contributed by atoms with E-state index in [9.17, 15) is 4.79 Å². The maximum absolute atomic E-state index is 11.8. The lowest BCUT2D eigenvalue weighted by atomic mass is 9.69. The second-order valence-corrected chi connectivity index (χ2v) is 5.80. The minimum atomic E-state index is -0.128. The van der Waals surface area contributed by atoms with Crippen molar-refractivity contribution in [3.8, 4) is 0 Å². The molecule has 0 amide bonds. The SMILES string of the molecule is O=c1oc2c(c3ccsc13)C1CCC2CC1. The van der Waals surface area contributed by atoms with E-state index in [-0.39, 0.29) is 5.63 Å². The Balaban J connectivity index is 2.17. The van der Waals surface area contributed by atoms with E-state index in [1.807, 2.05) is 5.38 Å². The van der Waals surface area contributed by atoms with E-state index < -0.39 is 0 Å². The molecule has 5 rings (SSSR count). The van der Waals surface area contributed by atoms with Crippen LogP contribution >= 0.6 is 11.3 Å². The quantitative estimate of drug-likeness (QED) is 0.694. The third kappa shape index (κ3) is 0.995. The molecule has 2 heterocycles. The Morgan fingerprint density at radius 2 is 1.94 bits per heavy atom. The summed E-state index contributed by atoms with van der Waals surface area (Å²) in [6, 6.07) is 2.09. The fourth-order valence-electron chi connectivity index (χ4n) is 3.38. The minimum absolute atomic E-state index is 0.128. The Hall–Kier alpha value is -1.09. The summed E-state index contributed by atoms with van der Waals surface area (Å²) in [6.45, 7) is 0. The molecule has 0 spiro atoms. The highest BCUT2D eigenvalue weighted by Gasteiger charge is 2.36. The molecule has 2 aromatic heterocycles. The van der Waals surface area contributed by atoms with Crippen LogP contribution in [0.3, 0.4) is 0 Å². The van der Waals surface area contributed by atoms with Crippen LogP contribution in [0.1, 0.15) is 48.8 Å². The Kier molecular flexibility index (Phi) is 1.67. The van der Waals surface area contributed by atoms with Gasteiger partial charge in [-0.3, -0.25) is 0 Å². The van der Waals surface area contributed by atoms with Crippen LogP contribution in [-0.4, -0.2) is 0 Å². The lowest BCUT2D eigenvalue weighted by molar-refractivity contribution is 0.290.